The molecular weight excluding hydrogens is 152 g/mol. The number of aldehydes is 1. The van der Waals surface area contributed by atoms with Gasteiger partial charge in [0.2, 0.25) is 0 Å². The SMILES string of the molecule is N#CCC#Cc1c[nH]c(C=O)c1. The lowest BCUT2D eigenvalue weighted by atomic mass is 10.3. The van der Waals surface area contributed by atoms with E-state index >= 15 is 0 Å². The van der Waals surface area contributed by atoms with Crippen LogP contribution in [0, 0.1) is 23.2 Å². The molecule has 0 aliphatic carbocycles. The number of hydrogen-bond donors (Lipinski definition) is 1. The van der Waals surface area contributed by atoms with Gasteiger partial charge in [-0.15, -0.1) is 0 Å². The number of carbonyl (C=O) groups excluding carboxylic acids is 1. The van der Waals surface area contributed by atoms with Crippen molar-refractivity contribution in [3.63, 3.8) is 0 Å². The number of carbonyl (C=O) groups is 1. The monoisotopic (exact) mass is 158 g/mol. The van der Waals surface area contributed by atoms with E-state index in [1.54, 1.807) is 12.3 Å². The van der Waals surface area contributed by atoms with E-state index in [1.165, 1.54) is 0 Å². The van der Waals surface area contributed by atoms with Gasteiger partial charge in [-0.2, -0.15) is 5.26 Å². The summed E-state index contributed by atoms with van der Waals surface area (Å²) in [5, 5.41) is 8.18. The van der Waals surface area contributed by atoms with Crippen molar-refractivity contribution in [3.05, 3.63) is 23.5 Å². The molecule has 58 valence electrons. The van der Waals surface area contributed by atoms with Gasteiger partial charge in [-0.1, -0.05) is 11.8 Å². The van der Waals surface area contributed by atoms with Crippen LogP contribution < -0.4 is 0 Å². The number of H-pyrrole nitrogens is 1. The second-order valence-electron chi connectivity index (χ2n) is 2.10. The number of nitrogens with zero attached hydrogens (tertiary/aromatic N) is 1. The Kier molecular flexibility index (Phi) is 2.70. The van der Waals surface area contributed by atoms with Gasteiger partial charge in [-0.05, 0) is 6.07 Å². The molecule has 0 aliphatic heterocycles. The van der Waals surface area contributed by atoms with Crippen LogP contribution in [0.1, 0.15) is 22.5 Å². The van der Waals surface area contributed by atoms with Gasteiger partial charge in [0.1, 0.15) is 0 Å². The Morgan fingerprint density at radius 2 is 2.50 bits per heavy atom. The quantitative estimate of drug-likeness (QED) is 0.491. The van der Waals surface area contributed by atoms with Crippen LogP contribution >= 0.6 is 0 Å². The molecule has 0 saturated carbocycles. The van der Waals surface area contributed by atoms with E-state index in [0.29, 0.717) is 5.69 Å². The summed E-state index contributed by atoms with van der Waals surface area (Å²) in [6.07, 6.45) is 2.56. The molecule has 1 aromatic rings. The summed E-state index contributed by atoms with van der Waals surface area (Å²) in [6, 6.07) is 3.54. The summed E-state index contributed by atoms with van der Waals surface area (Å²) in [7, 11) is 0. The largest absolute Gasteiger partial charge is 0.358 e. The third kappa shape index (κ3) is 2.00. The predicted molar refractivity (Wildman–Crippen MR) is 43.3 cm³/mol. The molecule has 1 rings (SSSR count). The summed E-state index contributed by atoms with van der Waals surface area (Å²) in [6.45, 7) is 0. The van der Waals surface area contributed by atoms with Crippen LogP contribution in [0.5, 0.6) is 0 Å². The molecule has 0 atom stereocenters. The summed E-state index contributed by atoms with van der Waals surface area (Å²) < 4.78 is 0. The fourth-order valence-corrected chi connectivity index (χ4v) is 0.738. The Labute approximate surface area is 70.0 Å². The van der Waals surface area contributed by atoms with Crippen molar-refractivity contribution >= 4 is 6.29 Å². The standard InChI is InChI=1S/C9H6N2O/c10-4-2-1-3-8-5-9(7-12)11-6-8/h5-7,11H,2H2. The van der Waals surface area contributed by atoms with Crippen LogP contribution in [0.2, 0.25) is 0 Å². The van der Waals surface area contributed by atoms with Gasteiger partial charge in [-0.25, -0.2) is 0 Å². The maximum atomic E-state index is 10.2. The molecule has 0 bridgehead atoms. The van der Waals surface area contributed by atoms with Crippen molar-refractivity contribution in [1.29, 1.82) is 5.26 Å². The highest BCUT2D eigenvalue weighted by atomic mass is 16.1. The third-order valence-corrected chi connectivity index (χ3v) is 1.23. The van der Waals surface area contributed by atoms with Gasteiger partial charge in [0.05, 0.1) is 18.2 Å². The Bertz CT molecular complexity index is 373. The maximum Gasteiger partial charge on any atom is 0.166 e. The summed E-state index contributed by atoms with van der Waals surface area (Å²) in [5.41, 5.74) is 1.23. The molecule has 0 unspecified atom stereocenters. The molecular formula is C9H6N2O. The number of hydrogen-bond acceptors (Lipinski definition) is 2. The molecule has 0 aromatic carbocycles. The van der Waals surface area contributed by atoms with E-state index in [2.05, 4.69) is 16.8 Å². The van der Waals surface area contributed by atoms with E-state index in [1.807, 2.05) is 6.07 Å². The molecule has 0 amide bonds. The number of rotatable bonds is 1. The molecule has 1 heterocycles. The Hall–Kier alpha value is -2.00. The highest BCUT2D eigenvalue weighted by molar-refractivity contribution is 5.72. The summed E-state index contributed by atoms with van der Waals surface area (Å²) >= 11 is 0. The Morgan fingerprint density at radius 3 is 3.08 bits per heavy atom. The maximum absolute atomic E-state index is 10.2. The van der Waals surface area contributed by atoms with Crippen molar-refractivity contribution in [2.45, 2.75) is 6.42 Å². The molecule has 3 nitrogen and oxygen atoms in total. The topological polar surface area (TPSA) is 56.6 Å². The van der Waals surface area contributed by atoms with Crippen LogP contribution in [0.3, 0.4) is 0 Å². The molecule has 1 N–H and O–H groups in total. The lowest BCUT2D eigenvalue weighted by Gasteiger charge is -1.73. The summed E-state index contributed by atoms with van der Waals surface area (Å²) in [4.78, 5) is 12.9. The van der Waals surface area contributed by atoms with Crippen molar-refractivity contribution in [2.75, 3.05) is 0 Å². The van der Waals surface area contributed by atoms with E-state index in [9.17, 15) is 4.79 Å². The summed E-state index contributed by atoms with van der Waals surface area (Å²) in [5.74, 6) is 5.38. The van der Waals surface area contributed by atoms with Crippen molar-refractivity contribution < 1.29 is 4.79 Å². The zero-order chi connectivity index (χ0) is 8.81. The lowest BCUT2D eigenvalue weighted by molar-refractivity contribution is 0.111. The molecule has 0 fully saturated rings. The first-order valence-corrected chi connectivity index (χ1v) is 3.36. The number of nitriles is 1. The van der Waals surface area contributed by atoms with Crippen molar-refractivity contribution in [3.8, 4) is 17.9 Å². The first kappa shape index (κ1) is 8.10. The smallest absolute Gasteiger partial charge is 0.166 e. The molecule has 0 spiro atoms. The minimum absolute atomic E-state index is 0.210. The zero-order valence-corrected chi connectivity index (χ0v) is 6.29. The first-order valence-electron chi connectivity index (χ1n) is 3.36. The highest BCUT2D eigenvalue weighted by Crippen LogP contribution is 1.98. The average molecular weight is 158 g/mol. The van der Waals surface area contributed by atoms with Crippen LogP contribution in [-0.2, 0) is 0 Å². The van der Waals surface area contributed by atoms with Gasteiger partial charge >= 0.3 is 0 Å². The fraction of sp³-hybridized carbons (Fsp3) is 0.111. The molecule has 0 aliphatic rings. The number of nitrogens with one attached hydrogen (secondary N) is 1. The second kappa shape index (κ2) is 4.00. The molecule has 12 heavy (non-hydrogen) atoms. The van der Waals surface area contributed by atoms with Crippen LogP contribution in [-0.4, -0.2) is 11.3 Å². The van der Waals surface area contributed by atoms with E-state index in [-0.39, 0.29) is 6.42 Å². The van der Waals surface area contributed by atoms with Crippen molar-refractivity contribution in [2.24, 2.45) is 0 Å². The number of aromatic amines is 1. The third-order valence-electron chi connectivity index (χ3n) is 1.23. The lowest BCUT2D eigenvalue weighted by Crippen LogP contribution is -1.72. The predicted octanol–water partition coefficient (Wildman–Crippen LogP) is 1.09. The fourth-order valence-electron chi connectivity index (χ4n) is 0.738. The van der Waals surface area contributed by atoms with E-state index < -0.39 is 0 Å². The van der Waals surface area contributed by atoms with Crippen LogP contribution in [0.4, 0.5) is 0 Å². The van der Waals surface area contributed by atoms with Gasteiger partial charge in [0.15, 0.2) is 6.29 Å². The second-order valence-corrected chi connectivity index (χ2v) is 2.10. The minimum atomic E-state index is 0.210. The highest BCUT2D eigenvalue weighted by Gasteiger charge is 1.92. The van der Waals surface area contributed by atoms with E-state index in [0.717, 1.165) is 11.8 Å². The van der Waals surface area contributed by atoms with Gasteiger partial charge in [0.25, 0.3) is 0 Å². The molecule has 0 radical (unpaired) electrons. The number of aromatic nitrogens is 1. The Balaban J connectivity index is 2.73. The Morgan fingerprint density at radius 1 is 1.67 bits per heavy atom. The normalized spacial score (nSPS) is 7.92. The zero-order valence-electron chi connectivity index (χ0n) is 6.29. The van der Waals surface area contributed by atoms with Gasteiger partial charge in [-0.3, -0.25) is 4.79 Å². The van der Waals surface area contributed by atoms with E-state index in [4.69, 9.17) is 5.26 Å². The molecule has 3 heteroatoms. The molecule has 1 aromatic heterocycles. The van der Waals surface area contributed by atoms with Gasteiger partial charge < -0.3 is 4.98 Å². The van der Waals surface area contributed by atoms with Crippen molar-refractivity contribution in [1.82, 2.24) is 4.98 Å². The average Bonchev–Trinajstić information content (AvgIpc) is 2.53. The van der Waals surface area contributed by atoms with Crippen LogP contribution in [0.25, 0.3) is 0 Å². The minimum Gasteiger partial charge on any atom is -0.358 e. The molecule has 0 saturated heterocycles. The first-order chi connectivity index (χ1) is 5.86. The van der Waals surface area contributed by atoms with Gasteiger partial charge in [0, 0.05) is 11.8 Å². The van der Waals surface area contributed by atoms with Crippen LogP contribution in [0.15, 0.2) is 12.3 Å².